The molecule has 31 heavy (non-hydrogen) atoms. The van der Waals surface area contributed by atoms with Crippen molar-refractivity contribution in [3.05, 3.63) is 88.9 Å². The molecule has 7 heteroatoms. The van der Waals surface area contributed by atoms with Crippen molar-refractivity contribution in [2.75, 3.05) is 9.96 Å². The lowest BCUT2D eigenvalue weighted by molar-refractivity contribution is -0.126. The molecule has 0 aliphatic carbocycles. The second-order valence-corrected chi connectivity index (χ2v) is 8.02. The molecule has 2 fully saturated rings. The SMILES string of the molecule is Cc1c(Cl)cccc1N1C(=O)[C@@H]2[C@@H](ON(c3ccccc3)[C@H]2c2ccccc2O)C1=O. The molecule has 0 spiro atoms. The van der Waals surface area contributed by atoms with E-state index in [1.165, 1.54) is 0 Å². The van der Waals surface area contributed by atoms with Gasteiger partial charge >= 0.3 is 0 Å². The van der Waals surface area contributed by atoms with Crippen molar-refractivity contribution in [3.63, 3.8) is 0 Å². The van der Waals surface area contributed by atoms with Crippen LogP contribution in [-0.4, -0.2) is 23.0 Å². The smallest absolute Gasteiger partial charge is 0.266 e. The van der Waals surface area contributed by atoms with Gasteiger partial charge in [0.1, 0.15) is 11.7 Å². The molecule has 0 aromatic heterocycles. The average Bonchev–Trinajstić information content (AvgIpc) is 3.28. The van der Waals surface area contributed by atoms with Crippen molar-refractivity contribution in [2.24, 2.45) is 5.92 Å². The number of imide groups is 1. The van der Waals surface area contributed by atoms with Crippen molar-refractivity contribution in [1.82, 2.24) is 0 Å². The Balaban J connectivity index is 1.63. The van der Waals surface area contributed by atoms with Crippen LogP contribution in [0.25, 0.3) is 0 Å². The van der Waals surface area contributed by atoms with Gasteiger partial charge in [0.2, 0.25) is 5.91 Å². The molecule has 0 unspecified atom stereocenters. The third-order valence-electron chi connectivity index (χ3n) is 5.86. The molecule has 2 heterocycles. The van der Waals surface area contributed by atoms with Gasteiger partial charge in [-0.05, 0) is 42.8 Å². The van der Waals surface area contributed by atoms with Crippen LogP contribution in [-0.2, 0) is 14.4 Å². The minimum absolute atomic E-state index is 0.0373. The number of hydroxylamine groups is 1. The van der Waals surface area contributed by atoms with Gasteiger partial charge in [0.25, 0.3) is 5.91 Å². The fourth-order valence-electron chi connectivity index (χ4n) is 4.34. The molecule has 3 atom stereocenters. The number of anilines is 2. The lowest BCUT2D eigenvalue weighted by Gasteiger charge is -2.29. The summed E-state index contributed by atoms with van der Waals surface area (Å²) in [5.74, 6) is -1.61. The highest BCUT2D eigenvalue weighted by atomic mass is 35.5. The van der Waals surface area contributed by atoms with Gasteiger partial charge in [-0.3, -0.25) is 14.4 Å². The monoisotopic (exact) mass is 434 g/mol. The van der Waals surface area contributed by atoms with E-state index in [0.29, 0.717) is 27.5 Å². The second-order valence-electron chi connectivity index (χ2n) is 7.61. The number of hydrogen-bond donors (Lipinski definition) is 1. The van der Waals surface area contributed by atoms with E-state index in [1.54, 1.807) is 54.5 Å². The largest absolute Gasteiger partial charge is 0.508 e. The van der Waals surface area contributed by atoms with Crippen LogP contribution in [0.3, 0.4) is 0 Å². The normalized spacial score (nSPS) is 22.8. The molecule has 2 saturated heterocycles. The predicted molar refractivity (Wildman–Crippen MR) is 117 cm³/mol. The number of amides is 2. The Labute approximate surface area is 184 Å². The molecule has 3 aromatic carbocycles. The number of nitrogens with zero attached hydrogens (tertiary/aromatic N) is 2. The summed E-state index contributed by atoms with van der Waals surface area (Å²) in [5.41, 5.74) is 2.30. The Hall–Kier alpha value is -3.35. The number of hydrogen-bond acceptors (Lipinski definition) is 5. The number of fused-ring (bicyclic) bond motifs is 1. The van der Waals surface area contributed by atoms with E-state index in [-0.39, 0.29) is 11.7 Å². The van der Waals surface area contributed by atoms with Gasteiger partial charge in [-0.1, -0.05) is 54.1 Å². The molecule has 3 aromatic rings. The van der Waals surface area contributed by atoms with Gasteiger partial charge in [0, 0.05) is 10.6 Å². The van der Waals surface area contributed by atoms with Gasteiger partial charge in [0.05, 0.1) is 17.4 Å². The van der Waals surface area contributed by atoms with Gasteiger partial charge in [-0.15, -0.1) is 0 Å². The summed E-state index contributed by atoms with van der Waals surface area (Å²) >= 11 is 6.24. The Bertz CT molecular complexity index is 1180. The minimum atomic E-state index is -1.00. The third-order valence-corrected chi connectivity index (χ3v) is 6.27. The molecular weight excluding hydrogens is 416 g/mol. The van der Waals surface area contributed by atoms with Crippen LogP contribution >= 0.6 is 11.6 Å². The van der Waals surface area contributed by atoms with Crippen molar-refractivity contribution in [3.8, 4) is 5.75 Å². The summed E-state index contributed by atoms with van der Waals surface area (Å²) in [6, 6.07) is 20.5. The highest BCUT2D eigenvalue weighted by molar-refractivity contribution is 6.32. The van der Waals surface area contributed by atoms with Crippen molar-refractivity contribution in [1.29, 1.82) is 0 Å². The molecule has 2 aliphatic heterocycles. The zero-order valence-corrected chi connectivity index (χ0v) is 17.4. The van der Waals surface area contributed by atoms with E-state index in [4.69, 9.17) is 16.4 Å². The van der Waals surface area contributed by atoms with Gasteiger partial charge in [-0.25, -0.2) is 9.96 Å². The summed E-state index contributed by atoms with van der Waals surface area (Å²) in [7, 11) is 0. The topological polar surface area (TPSA) is 70.1 Å². The number of phenolic OH excluding ortho intramolecular Hbond substituents is 1. The van der Waals surface area contributed by atoms with Crippen molar-refractivity contribution < 1.29 is 19.5 Å². The molecule has 2 aliphatic rings. The molecule has 0 bridgehead atoms. The number of halogens is 1. The maximum Gasteiger partial charge on any atom is 0.266 e. The van der Waals surface area contributed by atoms with Gasteiger partial charge in [0.15, 0.2) is 6.10 Å². The number of benzene rings is 3. The standard InChI is InChI=1S/C24H19ClN2O4/c1-14-17(25)11-7-12-18(14)26-23(29)20-21(16-10-5-6-13-19(16)28)27(31-22(20)24(26)30)15-8-3-2-4-9-15/h2-13,20-22,28H,1H3/t20-,21-,22+/m0/s1. The van der Waals surface area contributed by atoms with Crippen LogP contribution in [0.15, 0.2) is 72.8 Å². The quantitative estimate of drug-likeness (QED) is 0.618. The number of carbonyl (C=O) groups excluding carboxylic acids is 2. The molecule has 2 amide bonds. The Morgan fingerprint density at radius 2 is 1.61 bits per heavy atom. The molecule has 156 valence electrons. The van der Waals surface area contributed by atoms with E-state index in [9.17, 15) is 14.7 Å². The molecule has 5 rings (SSSR count). The first-order valence-electron chi connectivity index (χ1n) is 9.91. The van der Waals surface area contributed by atoms with Crippen LogP contribution < -0.4 is 9.96 Å². The van der Waals surface area contributed by atoms with E-state index in [2.05, 4.69) is 0 Å². The minimum Gasteiger partial charge on any atom is -0.508 e. The molecule has 0 saturated carbocycles. The van der Waals surface area contributed by atoms with Crippen LogP contribution in [0.2, 0.25) is 5.02 Å². The predicted octanol–water partition coefficient (Wildman–Crippen LogP) is 4.41. The fourth-order valence-corrected chi connectivity index (χ4v) is 4.51. The summed E-state index contributed by atoms with van der Waals surface area (Å²) < 4.78 is 0. The summed E-state index contributed by atoms with van der Waals surface area (Å²) in [6.07, 6.45) is -1.00. The van der Waals surface area contributed by atoms with Crippen LogP contribution in [0.4, 0.5) is 11.4 Å². The lowest BCUT2D eigenvalue weighted by atomic mass is 9.90. The second kappa shape index (κ2) is 7.41. The zero-order valence-electron chi connectivity index (χ0n) is 16.6. The number of para-hydroxylation sites is 2. The average molecular weight is 435 g/mol. The molecule has 6 nitrogen and oxygen atoms in total. The van der Waals surface area contributed by atoms with Crippen LogP contribution in [0, 0.1) is 12.8 Å². The number of rotatable bonds is 3. The maximum absolute atomic E-state index is 13.6. The highest BCUT2D eigenvalue weighted by Gasteiger charge is 2.60. The number of phenols is 1. The van der Waals surface area contributed by atoms with E-state index in [1.807, 2.05) is 30.3 Å². The Morgan fingerprint density at radius 3 is 2.35 bits per heavy atom. The lowest BCUT2D eigenvalue weighted by Crippen LogP contribution is -2.37. The summed E-state index contributed by atoms with van der Waals surface area (Å²) in [6.45, 7) is 1.77. The maximum atomic E-state index is 13.6. The van der Waals surface area contributed by atoms with Crippen LogP contribution in [0.5, 0.6) is 5.75 Å². The Kier molecular flexibility index (Phi) is 4.68. The highest BCUT2D eigenvalue weighted by Crippen LogP contribution is 2.49. The molecule has 0 radical (unpaired) electrons. The number of carbonyl (C=O) groups is 2. The first-order chi connectivity index (χ1) is 15.0. The van der Waals surface area contributed by atoms with E-state index in [0.717, 1.165) is 4.90 Å². The van der Waals surface area contributed by atoms with Gasteiger partial charge in [-0.2, -0.15) is 0 Å². The summed E-state index contributed by atoms with van der Waals surface area (Å²) in [5, 5.41) is 12.6. The van der Waals surface area contributed by atoms with E-state index >= 15 is 0 Å². The van der Waals surface area contributed by atoms with Crippen molar-refractivity contribution >= 4 is 34.8 Å². The number of aromatic hydroxyl groups is 1. The van der Waals surface area contributed by atoms with Crippen molar-refractivity contribution in [2.45, 2.75) is 19.1 Å². The summed E-state index contributed by atoms with van der Waals surface area (Å²) in [4.78, 5) is 34.2. The van der Waals surface area contributed by atoms with Crippen LogP contribution in [0.1, 0.15) is 17.2 Å². The third kappa shape index (κ3) is 2.99. The molecular formula is C24H19ClN2O4. The molecule has 1 N–H and O–H groups in total. The first kappa shape index (κ1) is 19.6. The Morgan fingerprint density at radius 1 is 0.903 bits per heavy atom. The van der Waals surface area contributed by atoms with Gasteiger partial charge < -0.3 is 5.11 Å². The zero-order chi connectivity index (χ0) is 21.7. The first-order valence-corrected chi connectivity index (χ1v) is 10.3. The van der Waals surface area contributed by atoms with E-state index < -0.39 is 24.0 Å². The fraction of sp³-hybridized carbons (Fsp3) is 0.167.